The minimum atomic E-state index is -0.0600. The van der Waals surface area contributed by atoms with Gasteiger partial charge in [-0.15, -0.1) is 11.6 Å². The maximum absolute atomic E-state index is 10.6. The summed E-state index contributed by atoms with van der Waals surface area (Å²) in [7, 11) is 0. The van der Waals surface area contributed by atoms with E-state index in [4.69, 9.17) is 11.6 Å². The van der Waals surface area contributed by atoms with Crippen molar-refractivity contribution in [3.8, 4) is 0 Å². The van der Waals surface area contributed by atoms with E-state index >= 15 is 0 Å². The molecule has 68 valence electrons. The van der Waals surface area contributed by atoms with E-state index < -0.39 is 0 Å². The van der Waals surface area contributed by atoms with Crippen LogP contribution in [0.25, 0.3) is 0 Å². The molecule has 1 aliphatic heterocycles. The first-order chi connectivity index (χ1) is 6.31. The average Bonchev–Trinajstić information content (AvgIpc) is 2.18. The molecule has 1 heterocycles. The van der Waals surface area contributed by atoms with E-state index in [2.05, 4.69) is 0 Å². The largest absolute Gasteiger partial charge is 0.339 e. The lowest BCUT2D eigenvalue weighted by Gasteiger charge is -2.28. The lowest BCUT2D eigenvalue weighted by molar-refractivity contribution is -0.119. The van der Waals surface area contributed by atoms with Gasteiger partial charge in [0.15, 0.2) is 0 Å². The number of carbonyl (C=O) groups excluding carboxylic acids is 1. The van der Waals surface area contributed by atoms with Crippen LogP contribution < -0.4 is 0 Å². The van der Waals surface area contributed by atoms with Crippen LogP contribution >= 0.6 is 11.6 Å². The van der Waals surface area contributed by atoms with Gasteiger partial charge in [-0.3, -0.25) is 4.79 Å². The molecule has 3 heteroatoms. The highest BCUT2D eigenvalue weighted by atomic mass is 35.5. The van der Waals surface area contributed by atoms with E-state index in [9.17, 15) is 4.79 Å². The Hall–Kier alpha value is -1.02. The molecule has 1 unspecified atom stereocenters. The Balaban J connectivity index is 2.36. The standard InChI is InChI=1S/C10H10ClNO/c11-10-6-12(7-13)5-8-3-1-2-4-9(8)10/h1-4,7,10H,5-6H2. The van der Waals surface area contributed by atoms with Crippen LogP contribution in [0.15, 0.2) is 24.3 Å². The summed E-state index contributed by atoms with van der Waals surface area (Å²) < 4.78 is 0. The fourth-order valence-electron chi connectivity index (χ4n) is 1.65. The van der Waals surface area contributed by atoms with Crippen LogP contribution in [0, 0.1) is 0 Å². The SMILES string of the molecule is O=CN1Cc2ccccc2C(Cl)C1. The van der Waals surface area contributed by atoms with Crippen LogP contribution in [0.2, 0.25) is 0 Å². The zero-order chi connectivity index (χ0) is 9.26. The van der Waals surface area contributed by atoms with E-state index in [0.717, 1.165) is 17.5 Å². The lowest BCUT2D eigenvalue weighted by atomic mass is 10.00. The first kappa shape index (κ1) is 8.57. The molecule has 0 N–H and O–H groups in total. The van der Waals surface area contributed by atoms with Crippen LogP contribution in [0.4, 0.5) is 0 Å². The number of hydrogen-bond acceptors (Lipinski definition) is 1. The Morgan fingerprint density at radius 3 is 3.00 bits per heavy atom. The second kappa shape index (κ2) is 3.38. The van der Waals surface area contributed by atoms with Crippen molar-refractivity contribution in [2.24, 2.45) is 0 Å². The summed E-state index contributed by atoms with van der Waals surface area (Å²) in [6.45, 7) is 1.30. The second-order valence-corrected chi connectivity index (χ2v) is 3.73. The minimum absolute atomic E-state index is 0.0600. The quantitative estimate of drug-likeness (QED) is 0.496. The van der Waals surface area contributed by atoms with Gasteiger partial charge in [0.2, 0.25) is 6.41 Å². The molecule has 2 rings (SSSR count). The predicted octanol–water partition coefficient (Wildman–Crippen LogP) is 1.94. The molecule has 2 nitrogen and oxygen atoms in total. The van der Waals surface area contributed by atoms with Crippen LogP contribution in [0.3, 0.4) is 0 Å². The number of halogens is 1. The molecule has 0 saturated heterocycles. The number of benzene rings is 1. The highest BCUT2D eigenvalue weighted by molar-refractivity contribution is 6.21. The van der Waals surface area contributed by atoms with E-state index in [1.807, 2.05) is 24.3 Å². The first-order valence-electron chi connectivity index (χ1n) is 4.22. The van der Waals surface area contributed by atoms with Crippen LogP contribution in [0.5, 0.6) is 0 Å². The monoisotopic (exact) mass is 195 g/mol. The topological polar surface area (TPSA) is 20.3 Å². The lowest BCUT2D eigenvalue weighted by Crippen LogP contribution is -2.30. The van der Waals surface area contributed by atoms with E-state index in [1.54, 1.807) is 4.90 Å². The minimum Gasteiger partial charge on any atom is -0.339 e. The van der Waals surface area contributed by atoms with Gasteiger partial charge in [0.1, 0.15) is 0 Å². The molecule has 0 aliphatic carbocycles. The maximum atomic E-state index is 10.6. The van der Waals surface area contributed by atoms with Gasteiger partial charge in [0.25, 0.3) is 0 Å². The smallest absolute Gasteiger partial charge is 0.210 e. The van der Waals surface area contributed by atoms with Crippen molar-refractivity contribution in [1.29, 1.82) is 0 Å². The van der Waals surface area contributed by atoms with Crippen molar-refractivity contribution in [3.05, 3.63) is 35.4 Å². The third kappa shape index (κ3) is 1.54. The van der Waals surface area contributed by atoms with Gasteiger partial charge in [0, 0.05) is 13.1 Å². The molecule has 1 atom stereocenters. The zero-order valence-electron chi connectivity index (χ0n) is 7.11. The summed E-state index contributed by atoms with van der Waals surface area (Å²) in [4.78, 5) is 12.3. The number of fused-ring (bicyclic) bond motifs is 1. The fraction of sp³-hybridized carbons (Fsp3) is 0.300. The van der Waals surface area contributed by atoms with Gasteiger partial charge < -0.3 is 4.90 Å². The van der Waals surface area contributed by atoms with Gasteiger partial charge in [-0.1, -0.05) is 24.3 Å². The first-order valence-corrected chi connectivity index (χ1v) is 4.66. The summed E-state index contributed by atoms with van der Waals surface area (Å²) in [5, 5.41) is -0.0600. The van der Waals surface area contributed by atoms with Crippen molar-refractivity contribution < 1.29 is 4.79 Å². The van der Waals surface area contributed by atoms with E-state index in [1.165, 1.54) is 0 Å². The third-order valence-electron chi connectivity index (χ3n) is 2.31. The molecule has 13 heavy (non-hydrogen) atoms. The van der Waals surface area contributed by atoms with Gasteiger partial charge in [-0.05, 0) is 11.1 Å². The number of alkyl halides is 1. The summed E-state index contributed by atoms with van der Waals surface area (Å²) in [6, 6.07) is 7.98. The maximum Gasteiger partial charge on any atom is 0.210 e. The summed E-state index contributed by atoms with van der Waals surface area (Å²) in [6.07, 6.45) is 0.853. The second-order valence-electron chi connectivity index (χ2n) is 3.20. The molecule has 1 aromatic rings. The summed E-state index contributed by atoms with van der Waals surface area (Å²) in [5.74, 6) is 0. The van der Waals surface area contributed by atoms with E-state index in [-0.39, 0.29) is 5.38 Å². The molecule has 0 bridgehead atoms. The van der Waals surface area contributed by atoms with Crippen molar-refractivity contribution in [1.82, 2.24) is 4.90 Å². The van der Waals surface area contributed by atoms with Crippen molar-refractivity contribution in [3.63, 3.8) is 0 Å². The van der Waals surface area contributed by atoms with Gasteiger partial charge in [0.05, 0.1) is 5.38 Å². The van der Waals surface area contributed by atoms with Gasteiger partial charge in [-0.2, -0.15) is 0 Å². The Kier molecular flexibility index (Phi) is 2.23. The summed E-state index contributed by atoms with van der Waals surface area (Å²) in [5.41, 5.74) is 2.31. The molecule has 0 saturated carbocycles. The number of hydrogen-bond donors (Lipinski definition) is 0. The van der Waals surface area contributed by atoms with Crippen molar-refractivity contribution in [2.75, 3.05) is 6.54 Å². The van der Waals surface area contributed by atoms with Crippen molar-refractivity contribution in [2.45, 2.75) is 11.9 Å². The Labute approximate surface area is 82.1 Å². The number of nitrogens with zero attached hydrogens (tertiary/aromatic N) is 1. The number of carbonyl (C=O) groups is 1. The predicted molar refractivity (Wildman–Crippen MR) is 51.5 cm³/mol. The van der Waals surface area contributed by atoms with Gasteiger partial charge in [-0.25, -0.2) is 0 Å². The van der Waals surface area contributed by atoms with Crippen LogP contribution in [0.1, 0.15) is 16.5 Å². The number of amides is 1. The molecule has 0 fully saturated rings. The van der Waals surface area contributed by atoms with Crippen molar-refractivity contribution >= 4 is 18.0 Å². The molecule has 1 aliphatic rings. The summed E-state index contributed by atoms with van der Waals surface area (Å²) >= 11 is 6.12. The highest BCUT2D eigenvalue weighted by Crippen LogP contribution is 2.29. The Bertz CT molecular complexity index is 326. The molecule has 0 radical (unpaired) electrons. The zero-order valence-corrected chi connectivity index (χ0v) is 7.87. The number of rotatable bonds is 1. The average molecular weight is 196 g/mol. The third-order valence-corrected chi connectivity index (χ3v) is 2.68. The van der Waals surface area contributed by atoms with E-state index in [0.29, 0.717) is 13.1 Å². The molecular weight excluding hydrogens is 186 g/mol. The molecule has 1 amide bonds. The fourth-order valence-corrected chi connectivity index (χ4v) is 2.04. The molecule has 0 spiro atoms. The Morgan fingerprint density at radius 2 is 2.23 bits per heavy atom. The van der Waals surface area contributed by atoms with Crippen LogP contribution in [-0.2, 0) is 11.3 Å². The molecule has 0 aromatic heterocycles. The highest BCUT2D eigenvalue weighted by Gasteiger charge is 2.21. The van der Waals surface area contributed by atoms with Crippen LogP contribution in [-0.4, -0.2) is 17.9 Å². The normalized spacial score (nSPS) is 21.0. The van der Waals surface area contributed by atoms with Gasteiger partial charge >= 0.3 is 0 Å². The molecule has 1 aromatic carbocycles. The Morgan fingerprint density at radius 1 is 1.46 bits per heavy atom. The molecular formula is C10H10ClNO.